The molecule has 1 aromatic rings. The lowest BCUT2D eigenvalue weighted by Crippen LogP contribution is -2.14. The van der Waals surface area contributed by atoms with E-state index in [1.54, 1.807) is 6.07 Å². The Morgan fingerprint density at radius 3 is 2.44 bits per heavy atom. The quantitative estimate of drug-likeness (QED) is 0.353. The molecule has 0 amide bonds. The van der Waals surface area contributed by atoms with Crippen LogP contribution in [0, 0.1) is 5.92 Å². The number of hydrogen-bond acceptors (Lipinski definition) is 4. The van der Waals surface area contributed by atoms with Gasteiger partial charge in [0.05, 0.1) is 11.6 Å². The highest BCUT2D eigenvalue weighted by molar-refractivity contribution is 6.35. The first-order valence-corrected chi connectivity index (χ1v) is 9.53. The average molecular weight is 389 g/mol. The van der Waals surface area contributed by atoms with Crippen LogP contribution < -0.4 is 4.74 Å². The number of halogens is 2. The summed E-state index contributed by atoms with van der Waals surface area (Å²) in [4.78, 5) is 23.6. The fraction of sp³-hybridized carbons (Fsp3) is 0.579. The van der Waals surface area contributed by atoms with Gasteiger partial charge in [0.1, 0.15) is 5.75 Å². The molecular formula is C19H26Cl2O4. The number of carbonyl (C=O) groups is 2. The molecule has 25 heavy (non-hydrogen) atoms. The van der Waals surface area contributed by atoms with Crippen molar-refractivity contribution in [2.75, 3.05) is 6.61 Å². The van der Waals surface area contributed by atoms with E-state index in [-0.39, 0.29) is 29.6 Å². The largest absolute Gasteiger partial charge is 0.465 e. The number of unbranched alkanes of at least 4 members (excludes halogenated alkanes) is 1. The molecule has 0 N–H and O–H groups in total. The van der Waals surface area contributed by atoms with Gasteiger partial charge in [0.2, 0.25) is 0 Å². The Kier molecular flexibility index (Phi) is 10.6. The monoisotopic (exact) mass is 388 g/mol. The van der Waals surface area contributed by atoms with Gasteiger partial charge in [-0.15, -0.1) is 0 Å². The molecule has 1 rings (SSSR count). The topological polar surface area (TPSA) is 52.6 Å². The molecular weight excluding hydrogens is 363 g/mol. The van der Waals surface area contributed by atoms with E-state index < -0.39 is 5.97 Å². The molecule has 0 heterocycles. The van der Waals surface area contributed by atoms with Crippen molar-refractivity contribution in [3.63, 3.8) is 0 Å². The summed E-state index contributed by atoms with van der Waals surface area (Å²) in [5.74, 6) is -0.0278. The van der Waals surface area contributed by atoms with Crippen molar-refractivity contribution in [2.45, 2.75) is 58.8 Å². The Hall–Kier alpha value is -1.26. The van der Waals surface area contributed by atoms with Crippen LogP contribution in [0.15, 0.2) is 18.2 Å². The first-order valence-electron chi connectivity index (χ1n) is 8.77. The SMILES string of the molecule is CCCCC(CC)COC(=O)CCCC(=O)Oc1ccc(Cl)cc1Cl. The number of carbonyl (C=O) groups excluding carboxylic acids is 2. The lowest BCUT2D eigenvalue weighted by atomic mass is 10.0. The molecule has 0 fully saturated rings. The van der Waals surface area contributed by atoms with Gasteiger partial charge >= 0.3 is 11.9 Å². The number of esters is 2. The lowest BCUT2D eigenvalue weighted by molar-refractivity contribution is -0.145. The first kappa shape index (κ1) is 21.8. The molecule has 0 saturated carbocycles. The van der Waals surface area contributed by atoms with E-state index in [1.807, 2.05) is 0 Å². The van der Waals surface area contributed by atoms with Crippen molar-refractivity contribution in [1.82, 2.24) is 0 Å². The van der Waals surface area contributed by atoms with Crippen LogP contribution in [0.3, 0.4) is 0 Å². The van der Waals surface area contributed by atoms with Crippen molar-refractivity contribution < 1.29 is 19.1 Å². The highest BCUT2D eigenvalue weighted by Gasteiger charge is 2.12. The maximum atomic E-state index is 11.8. The van der Waals surface area contributed by atoms with E-state index in [9.17, 15) is 9.59 Å². The van der Waals surface area contributed by atoms with Gasteiger partial charge in [0.25, 0.3) is 0 Å². The maximum Gasteiger partial charge on any atom is 0.311 e. The standard InChI is InChI=1S/C19H26Cl2O4/c1-3-5-7-14(4-2)13-24-18(22)8-6-9-19(23)25-17-11-10-15(20)12-16(17)21/h10-12,14H,3-9,13H2,1-2H3. The molecule has 0 aliphatic heterocycles. The van der Waals surface area contributed by atoms with Gasteiger partial charge in [0.15, 0.2) is 0 Å². The normalized spacial score (nSPS) is 11.8. The van der Waals surface area contributed by atoms with Crippen molar-refractivity contribution in [3.8, 4) is 5.75 Å². The molecule has 0 spiro atoms. The minimum absolute atomic E-state index is 0.126. The minimum Gasteiger partial charge on any atom is -0.465 e. The van der Waals surface area contributed by atoms with Crippen LogP contribution in [0.25, 0.3) is 0 Å². The van der Waals surface area contributed by atoms with E-state index in [1.165, 1.54) is 12.1 Å². The van der Waals surface area contributed by atoms with Crippen LogP contribution in [0.2, 0.25) is 10.0 Å². The van der Waals surface area contributed by atoms with Gasteiger partial charge in [-0.25, -0.2) is 0 Å². The van der Waals surface area contributed by atoms with Gasteiger partial charge in [0, 0.05) is 17.9 Å². The molecule has 0 aromatic heterocycles. The predicted molar refractivity (Wildman–Crippen MR) is 100 cm³/mol. The molecule has 140 valence electrons. The third-order valence-electron chi connectivity index (χ3n) is 3.90. The molecule has 0 aliphatic rings. The summed E-state index contributed by atoms with van der Waals surface area (Å²) in [7, 11) is 0. The van der Waals surface area contributed by atoms with E-state index in [0.29, 0.717) is 24.0 Å². The number of hydrogen-bond donors (Lipinski definition) is 0. The molecule has 1 unspecified atom stereocenters. The number of rotatable bonds is 11. The zero-order valence-electron chi connectivity index (χ0n) is 14.9. The Bertz CT molecular complexity index is 560. The van der Waals surface area contributed by atoms with Crippen LogP contribution in [-0.2, 0) is 14.3 Å². The summed E-state index contributed by atoms with van der Waals surface area (Å²) in [5.41, 5.74) is 0. The zero-order valence-corrected chi connectivity index (χ0v) is 16.4. The third-order valence-corrected chi connectivity index (χ3v) is 4.43. The fourth-order valence-corrected chi connectivity index (χ4v) is 2.74. The lowest BCUT2D eigenvalue weighted by Gasteiger charge is -2.14. The first-order chi connectivity index (χ1) is 12.0. The highest BCUT2D eigenvalue weighted by Crippen LogP contribution is 2.27. The number of benzene rings is 1. The van der Waals surface area contributed by atoms with Gasteiger partial charge in [-0.3, -0.25) is 9.59 Å². The third kappa shape index (κ3) is 9.13. The van der Waals surface area contributed by atoms with Crippen LogP contribution in [0.1, 0.15) is 58.8 Å². The van der Waals surface area contributed by atoms with Gasteiger partial charge in [-0.2, -0.15) is 0 Å². The van der Waals surface area contributed by atoms with Crippen molar-refractivity contribution in [2.24, 2.45) is 5.92 Å². The van der Waals surface area contributed by atoms with E-state index >= 15 is 0 Å². The molecule has 4 nitrogen and oxygen atoms in total. The van der Waals surface area contributed by atoms with Crippen LogP contribution in [0.5, 0.6) is 5.75 Å². The minimum atomic E-state index is -0.439. The summed E-state index contributed by atoms with van der Waals surface area (Å²) >= 11 is 11.7. The second kappa shape index (κ2) is 12.2. The van der Waals surface area contributed by atoms with E-state index in [2.05, 4.69) is 13.8 Å². The van der Waals surface area contributed by atoms with Gasteiger partial charge in [-0.1, -0.05) is 56.3 Å². The molecule has 0 radical (unpaired) electrons. The molecule has 1 atom stereocenters. The second-order valence-corrected chi connectivity index (χ2v) is 6.85. The van der Waals surface area contributed by atoms with E-state index in [0.717, 1.165) is 25.7 Å². The van der Waals surface area contributed by atoms with Crippen LogP contribution >= 0.6 is 23.2 Å². The summed E-state index contributed by atoms with van der Waals surface area (Å²) < 4.78 is 10.5. The molecule has 6 heteroatoms. The maximum absolute atomic E-state index is 11.8. The van der Waals surface area contributed by atoms with Crippen LogP contribution in [0.4, 0.5) is 0 Å². The van der Waals surface area contributed by atoms with E-state index in [4.69, 9.17) is 32.7 Å². The van der Waals surface area contributed by atoms with Crippen molar-refractivity contribution in [3.05, 3.63) is 28.2 Å². The van der Waals surface area contributed by atoms with Crippen molar-refractivity contribution in [1.29, 1.82) is 0 Å². The Balaban J connectivity index is 2.24. The molecule has 0 aliphatic carbocycles. The Morgan fingerprint density at radius 1 is 1.08 bits per heavy atom. The summed E-state index contributed by atoms with van der Waals surface area (Å²) in [6.07, 6.45) is 5.08. The Morgan fingerprint density at radius 2 is 1.80 bits per heavy atom. The van der Waals surface area contributed by atoms with Gasteiger partial charge in [-0.05, 0) is 37.0 Å². The average Bonchev–Trinajstić information content (AvgIpc) is 2.57. The smallest absolute Gasteiger partial charge is 0.311 e. The van der Waals surface area contributed by atoms with Crippen LogP contribution in [-0.4, -0.2) is 18.5 Å². The molecule has 0 saturated heterocycles. The summed E-state index contributed by atoms with van der Waals surface area (Å²) in [6.45, 7) is 4.71. The Labute approximate surface area is 159 Å². The van der Waals surface area contributed by atoms with Crippen molar-refractivity contribution >= 4 is 35.1 Å². The zero-order chi connectivity index (χ0) is 18.7. The second-order valence-electron chi connectivity index (χ2n) is 6.00. The molecule has 0 bridgehead atoms. The summed E-state index contributed by atoms with van der Waals surface area (Å²) in [5, 5.41) is 0.745. The summed E-state index contributed by atoms with van der Waals surface area (Å²) in [6, 6.07) is 4.64. The fourth-order valence-electron chi connectivity index (χ4n) is 2.29. The molecule has 1 aromatic carbocycles. The highest BCUT2D eigenvalue weighted by atomic mass is 35.5. The van der Waals surface area contributed by atoms with Gasteiger partial charge < -0.3 is 9.47 Å². The number of ether oxygens (including phenoxy) is 2. The predicted octanol–water partition coefficient (Wildman–Crippen LogP) is 5.83.